The zero-order valence-corrected chi connectivity index (χ0v) is 26.6. The summed E-state index contributed by atoms with van der Waals surface area (Å²) in [5, 5.41) is 9.97. The molecule has 9 aromatic carbocycles. The number of rotatable bonds is 1. The Morgan fingerprint density at radius 2 is 0.653 bits per heavy atom. The van der Waals surface area contributed by atoms with Gasteiger partial charge in [0.1, 0.15) is 11.2 Å². The molecule has 0 saturated carbocycles. The maximum atomic E-state index is 6.55. The van der Waals surface area contributed by atoms with E-state index in [4.69, 9.17) is 4.42 Å². The number of hydrogen-bond acceptors (Lipinski definition) is 1. The predicted octanol–water partition coefficient (Wildman–Crippen LogP) is 13.7. The van der Waals surface area contributed by atoms with Crippen LogP contribution in [-0.4, -0.2) is 0 Å². The third kappa shape index (κ3) is 3.76. The van der Waals surface area contributed by atoms with Crippen LogP contribution in [0.5, 0.6) is 0 Å². The van der Waals surface area contributed by atoms with E-state index >= 15 is 0 Å². The molecule has 0 saturated heterocycles. The van der Waals surface area contributed by atoms with E-state index < -0.39 is 0 Å². The molecule has 0 bridgehead atoms. The Kier molecular flexibility index (Phi) is 5.45. The van der Waals surface area contributed by atoms with Crippen LogP contribution in [0.15, 0.2) is 174 Å². The zero-order chi connectivity index (χ0) is 32.1. The van der Waals surface area contributed by atoms with E-state index in [9.17, 15) is 0 Å². The minimum absolute atomic E-state index is 0.914. The molecule has 0 aliphatic heterocycles. The number of fused-ring (bicyclic) bond motifs is 17. The molecular formula is C48H28O. The number of benzene rings is 9. The third-order valence-corrected chi connectivity index (χ3v) is 10.6. The van der Waals surface area contributed by atoms with Crippen LogP contribution in [0.1, 0.15) is 0 Å². The van der Waals surface area contributed by atoms with E-state index in [1.165, 1.54) is 76.8 Å². The summed E-state index contributed by atoms with van der Waals surface area (Å²) >= 11 is 0. The molecule has 0 spiro atoms. The van der Waals surface area contributed by atoms with Crippen molar-refractivity contribution in [1.82, 2.24) is 0 Å². The van der Waals surface area contributed by atoms with Crippen molar-refractivity contribution in [2.45, 2.75) is 0 Å². The van der Waals surface area contributed by atoms with Gasteiger partial charge in [0.25, 0.3) is 0 Å². The van der Waals surface area contributed by atoms with Crippen LogP contribution in [0.4, 0.5) is 0 Å². The fourth-order valence-corrected chi connectivity index (χ4v) is 8.45. The van der Waals surface area contributed by atoms with Gasteiger partial charge in [0, 0.05) is 16.3 Å². The molecule has 1 heterocycles. The Balaban J connectivity index is 1.30. The van der Waals surface area contributed by atoms with Gasteiger partial charge in [0.05, 0.1) is 0 Å². The number of para-hydroxylation sites is 2. The topological polar surface area (TPSA) is 13.1 Å². The largest absolute Gasteiger partial charge is 0.455 e. The van der Waals surface area contributed by atoms with E-state index in [0.717, 1.165) is 33.1 Å². The molecule has 10 aromatic rings. The van der Waals surface area contributed by atoms with Crippen LogP contribution in [0.25, 0.3) is 110 Å². The summed E-state index contributed by atoms with van der Waals surface area (Å²) in [5.41, 5.74) is 14.0. The van der Waals surface area contributed by atoms with Crippen LogP contribution in [-0.2, 0) is 0 Å². The van der Waals surface area contributed by atoms with Crippen molar-refractivity contribution in [2.24, 2.45) is 0 Å². The highest BCUT2D eigenvalue weighted by atomic mass is 16.3. The summed E-state index contributed by atoms with van der Waals surface area (Å²) in [4.78, 5) is 0. The molecule has 226 valence electrons. The quantitative estimate of drug-likeness (QED) is 0.166. The molecule has 0 fully saturated rings. The molecule has 0 amide bonds. The van der Waals surface area contributed by atoms with Gasteiger partial charge in [0.2, 0.25) is 0 Å². The predicted molar refractivity (Wildman–Crippen MR) is 207 cm³/mol. The average Bonchev–Trinajstić information content (AvgIpc) is 3.56. The smallest absolute Gasteiger partial charge is 0.143 e. The minimum atomic E-state index is 0.914. The van der Waals surface area contributed by atoms with Gasteiger partial charge in [-0.2, -0.15) is 0 Å². The first kappa shape index (κ1) is 26.6. The van der Waals surface area contributed by atoms with Crippen LogP contribution in [0, 0.1) is 0 Å². The van der Waals surface area contributed by atoms with Crippen LogP contribution >= 0.6 is 0 Å². The molecule has 1 aliphatic carbocycles. The molecule has 1 aliphatic rings. The van der Waals surface area contributed by atoms with Crippen molar-refractivity contribution in [3.05, 3.63) is 170 Å². The Morgan fingerprint density at radius 3 is 1.27 bits per heavy atom. The second kappa shape index (κ2) is 10.0. The molecule has 11 rings (SSSR count). The Morgan fingerprint density at radius 1 is 0.245 bits per heavy atom. The molecule has 1 nitrogen and oxygen atoms in total. The highest BCUT2D eigenvalue weighted by molar-refractivity contribution is 6.27. The number of furan rings is 1. The van der Waals surface area contributed by atoms with Crippen molar-refractivity contribution < 1.29 is 4.42 Å². The fraction of sp³-hybridized carbons (Fsp3) is 0. The van der Waals surface area contributed by atoms with Gasteiger partial charge in [-0.05, 0) is 107 Å². The lowest BCUT2D eigenvalue weighted by atomic mass is 9.78. The molecule has 0 radical (unpaired) electrons. The van der Waals surface area contributed by atoms with Gasteiger partial charge in [0.15, 0.2) is 0 Å². The Labute approximate surface area is 283 Å². The van der Waals surface area contributed by atoms with Crippen LogP contribution in [0.2, 0.25) is 0 Å². The third-order valence-electron chi connectivity index (χ3n) is 10.6. The van der Waals surface area contributed by atoms with Crippen molar-refractivity contribution in [2.75, 3.05) is 0 Å². The molecule has 1 heteroatoms. The van der Waals surface area contributed by atoms with Crippen LogP contribution in [0.3, 0.4) is 0 Å². The normalized spacial score (nSPS) is 12.1. The van der Waals surface area contributed by atoms with Gasteiger partial charge in [-0.1, -0.05) is 146 Å². The van der Waals surface area contributed by atoms with E-state index in [2.05, 4.69) is 164 Å². The summed E-state index contributed by atoms with van der Waals surface area (Å²) in [7, 11) is 0. The molecule has 1 aromatic heterocycles. The summed E-state index contributed by atoms with van der Waals surface area (Å²) in [5.74, 6) is 0. The first-order chi connectivity index (χ1) is 24.3. The van der Waals surface area contributed by atoms with E-state index in [1.54, 1.807) is 0 Å². The van der Waals surface area contributed by atoms with Gasteiger partial charge >= 0.3 is 0 Å². The first-order valence-corrected chi connectivity index (χ1v) is 16.9. The molecular weight excluding hydrogens is 593 g/mol. The highest BCUT2D eigenvalue weighted by Gasteiger charge is 2.24. The van der Waals surface area contributed by atoms with Gasteiger partial charge in [-0.3, -0.25) is 0 Å². The van der Waals surface area contributed by atoms with Crippen molar-refractivity contribution >= 4 is 54.3 Å². The van der Waals surface area contributed by atoms with Gasteiger partial charge in [-0.15, -0.1) is 0 Å². The summed E-state index contributed by atoms with van der Waals surface area (Å²) < 4.78 is 6.55. The van der Waals surface area contributed by atoms with E-state index in [-0.39, 0.29) is 0 Å². The second-order valence-corrected chi connectivity index (χ2v) is 13.2. The molecule has 0 unspecified atom stereocenters. The second-order valence-electron chi connectivity index (χ2n) is 13.2. The van der Waals surface area contributed by atoms with E-state index in [0.29, 0.717) is 0 Å². The highest BCUT2D eigenvalue weighted by Crippen LogP contribution is 2.51. The summed E-state index contributed by atoms with van der Waals surface area (Å²) in [6, 6.07) is 62.3. The maximum absolute atomic E-state index is 6.55. The lowest BCUT2D eigenvalue weighted by Gasteiger charge is -2.25. The van der Waals surface area contributed by atoms with E-state index in [1.807, 2.05) is 6.07 Å². The SMILES string of the molecule is c1ccc2c(c1)-c1ccccc1-c1cc3c4ccccc4c4ccccc4c3cc1-c1cc(-c3cccc4c3oc3ccccc34)ccc1-2. The van der Waals surface area contributed by atoms with Crippen LogP contribution < -0.4 is 0 Å². The number of hydrogen-bond donors (Lipinski definition) is 0. The van der Waals surface area contributed by atoms with Gasteiger partial charge < -0.3 is 4.42 Å². The standard InChI is InChI=1S/C48H28O/c1-2-16-35-31(12-1)32-13-3-8-19-38(32)45-27-43-36-17-6-4-14-33(36)34-15-5-7-18-37(34)44(43)28-46(45)42-26-29(24-25-39(35)42)30-21-11-22-41-40-20-9-10-23-47(40)49-48(30)41/h1-28H. The van der Waals surface area contributed by atoms with Crippen molar-refractivity contribution in [3.8, 4) is 55.6 Å². The molecule has 0 atom stereocenters. The van der Waals surface area contributed by atoms with Crippen molar-refractivity contribution in [1.29, 1.82) is 0 Å². The fourth-order valence-electron chi connectivity index (χ4n) is 8.45. The maximum Gasteiger partial charge on any atom is 0.143 e. The lowest BCUT2D eigenvalue weighted by Crippen LogP contribution is -1.98. The molecule has 49 heavy (non-hydrogen) atoms. The zero-order valence-electron chi connectivity index (χ0n) is 26.6. The lowest BCUT2D eigenvalue weighted by molar-refractivity contribution is 0.670. The van der Waals surface area contributed by atoms with Gasteiger partial charge in [-0.25, -0.2) is 0 Å². The monoisotopic (exact) mass is 620 g/mol. The molecule has 0 N–H and O–H groups in total. The first-order valence-electron chi connectivity index (χ1n) is 16.9. The minimum Gasteiger partial charge on any atom is -0.455 e. The Hall–Kier alpha value is -6.44. The summed E-state index contributed by atoms with van der Waals surface area (Å²) in [6.07, 6.45) is 0. The average molecular weight is 621 g/mol. The Bertz CT molecular complexity index is 2990. The van der Waals surface area contributed by atoms with Crippen molar-refractivity contribution in [3.63, 3.8) is 0 Å². The summed E-state index contributed by atoms with van der Waals surface area (Å²) in [6.45, 7) is 0.